The summed E-state index contributed by atoms with van der Waals surface area (Å²) in [6.07, 6.45) is 2.96. The molecule has 1 N–H and O–H groups in total. The molecule has 0 bridgehead atoms. The van der Waals surface area contributed by atoms with Crippen molar-refractivity contribution in [3.8, 4) is 27.9 Å². The average molecular weight is 328 g/mol. The first-order valence-corrected chi connectivity index (χ1v) is 8.69. The molecule has 1 aromatic carbocycles. The molecule has 0 unspecified atom stereocenters. The smallest absolute Gasteiger partial charge is 0.268 e. The highest BCUT2D eigenvalue weighted by molar-refractivity contribution is 7.15. The maximum absolute atomic E-state index is 10.0. The Labute approximate surface area is 139 Å². The number of thiophene rings is 1. The molecule has 2 heterocycles. The Morgan fingerprint density at radius 3 is 2.78 bits per heavy atom. The first kappa shape index (κ1) is 15.7. The monoisotopic (exact) mass is 328 g/mol. The molecule has 0 spiro atoms. The van der Waals surface area contributed by atoms with Crippen LogP contribution in [0, 0.1) is 6.92 Å². The highest BCUT2D eigenvalue weighted by atomic mass is 32.1. The van der Waals surface area contributed by atoms with Crippen molar-refractivity contribution in [1.29, 1.82) is 0 Å². The Hall–Kier alpha value is -2.14. The Bertz CT molecular complexity index is 820. The quantitative estimate of drug-likeness (QED) is 0.716. The van der Waals surface area contributed by atoms with E-state index in [-0.39, 0.29) is 0 Å². The molecule has 23 heavy (non-hydrogen) atoms. The number of phenolic OH excluding ortho intramolecular Hbond substituents is 1. The van der Waals surface area contributed by atoms with E-state index in [9.17, 15) is 5.11 Å². The zero-order valence-electron chi connectivity index (χ0n) is 13.6. The predicted octanol–water partition coefficient (Wildman–Crippen LogP) is 4.99. The van der Waals surface area contributed by atoms with Gasteiger partial charge in [0.15, 0.2) is 0 Å². The van der Waals surface area contributed by atoms with Gasteiger partial charge in [0.25, 0.3) is 5.89 Å². The zero-order valence-corrected chi connectivity index (χ0v) is 14.4. The number of aromatic nitrogens is 2. The van der Waals surface area contributed by atoms with Crippen molar-refractivity contribution in [3.63, 3.8) is 0 Å². The fraction of sp³-hybridized carbons (Fsp3) is 0.333. The molecular formula is C18H20N2O2S. The molecule has 0 aliphatic heterocycles. The van der Waals surface area contributed by atoms with Crippen LogP contribution in [0.15, 0.2) is 28.8 Å². The Kier molecular flexibility index (Phi) is 4.48. The molecule has 0 aliphatic rings. The number of benzene rings is 1. The Morgan fingerprint density at radius 1 is 1.22 bits per heavy atom. The summed E-state index contributed by atoms with van der Waals surface area (Å²) in [5.41, 5.74) is 2.59. The van der Waals surface area contributed by atoms with Gasteiger partial charge in [0.05, 0.1) is 4.88 Å². The highest BCUT2D eigenvalue weighted by Gasteiger charge is 2.15. The molecule has 0 atom stereocenters. The van der Waals surface area contributed by atoms with E-state index in [1.54, 1.807) is 11.3 Å². The van der Waals surface area contributed by atoms with Gasteiger partial charge in [-0.1, -0.05) is 25.4 Å². The standard InChI is InChI=1S/C18H20N2O2S/c1-4-6-14-7-8-15(23-14)18-19-17(20-22-18)13-9-11(3)16(21)12(5-2)10-13/h7-10,21H,4-6H2,1-3H3. The summed E-state index contributed by atoms with van der Waals surface area (Å²) in [4.78, 5) is 6.85. The van der Waals surface area contributed by atoms with Crippen LogP contribution in [0.2, 0.25) is 0 Å². The maximum atomic E-state index is 10.0. The number of rotatable bonds is 5. The van der Waals surface area contributed by atoms with Gasteiger partial charge in [0.1, 0.15) is 5.75 Å². The molecule has 0 fully saturated rings. The molecule has 120 valence electrons. The van der Waals surface area contributed by atoms with E-state index < -0.39 is 0 Å². The summed E-state index contributed by atoms with van der Waals surface area (Å²) < 4.78 is 5.43. The summed E-state index contributed by atoms with van der Waals surface area (Å²) in [5.74, 6) is 1.46. The fourth-order valence-corrected chi connectivity index (χ4v) is 3.60. The molecule has 5 heteroatoms. The van der Waals surface area contributed by atoms with Crippen molar-refractivity contribution >= 4 is 11.3 Å². The van der Waals surface area contributed by atoms with Crippen LogP contribution in [-0.4, -0.2) is 15.2 Å². The van der Waals surface area contributed by atoms with Crippen LogP contribution in [0.25, 0.3) is 22.2 Å². The minimum atomic E-state index is 0.349. The van der Waals surface area contributed by atoms with E-state index >= 15 is 0 Å². The zero-order chi connectivity index (χ0) is 16.4. The second-order valence-corrected chi connectivity index (χ2v) is 6.76. The van der Waals surface area contributed by atoms with Crippen molar-refractivity contribution in [1.82, 2.24) is 10.1 Å². The second kappa shape index (κ2) is 6.54. The van der Waals surface area contributed by atoms with Crippen molar-refractivity contribution in [2.24, 2.45) is 0 Å². The Balaban J connectivity index is 1.93. The fourth-order valence-electron chi connectivity index (χ4n) is 2.57. The van der Waals surface area contributed by atoms with Crippen molar-refractivity contribution in [2.45, 2.75) is 40.0 Å². The van der Waals surface area contributed by atoms with Crippen LogP contribution in [0.1, 0.15) is 36.3 Å². The number of aromatic hydroxyl groups is 1. The molecule has 0 amide bonds. The van der Waals surface area contributed by atoms with Gasteiger partial charge in [-0.3, -0.25) is 0 Å². The van der Waals surface area contributed by atoms with Gasteiger partial charge in [-0.15, -0.1) is 11.3 Å². The number of hydrogen-bond donors (Lipinski definition) is 1. The van der Waals surface area contributed by atoms with E-state index in [0.717, 1.165) is 40.8 Å². The molecule has 3 rings (SSSR count). The summed E-state index contributed by atoms with van der Waals surface area (Å²) in [6, 6.07) is 7.97. The van der Waals surface area contributed by atoms with Gasteiger partial charge in [0.2, 0.25) is 5.82 Å². The number of nitrogens with zero attached hydrogens (tertiary/aromatic N) is 2. The molecule has 2 aromatic heterocycles. The molecule has 0 aliphatic carbocycles. The predicted molar refractivity (Wildman–Crippen MR) is 92.8 cm³/mol. The van der Waals surface area contributed by atoms with Crippen LogP contribution in [-0.2, 0) is 12.8 Å². The van der Waals surface area contributed by atoms with Crippen LogP contribution in [0.5, 0.6) is 5.75 Å². The van der Waals surface area contributed by atoms with Gasteiger partial charge in [-0.05, 0) is 55.2 Å². The van der Waals surface area contributed by atoms with Crippen LogP contribution >= 0.6 is 11.3 Å². The minimum absolute atomic E-state index is 0.349. The van der Waals surface area contributed by atoms with Gasteiger partial charge < -0.3 is 9.63 Å². The van der Waals surface area contributed by atoms with Gasteiger partial charge in [-0.2, -0.15) is 4.98 Å². The Morgan fingerprint density at radius 2 is 2.04 bits per heavy atom. The molecular weight excluding hydrogens is 308 g/mol. The van der Waals surface area contributed by atoms with Crippen molar-refractivity contribution < 1.29 is 9.63 Å². The van der Waals surface area contributed by atoms with Gasteiger partial charge in [-0.25, -0.2) is 0 Å². The second-order valence-electron chi connectivity index (χ2n) is 5.59. The normalized spacial score (nSPS) is 11.1. The van der Waals surface area contributed by atoms with E-state index in [1.807, 2.05) is 32.0 Å². The summed E-state index contributed by atoms with van der Waals surface area (Å²) in [5, 5.41) is 14.1. The maximum Gasteiger partial charge on any atom is 0.268 e. The van der Waals surface area contributed by atoms with Gasteiger partial charge >= 0.3 is 0 Å². The van der Waals surface area contributed by atoms with E-state index in [2.05, 4.69) is 23.1 Å². The third-order valence-corrected chi connectivity index (χ3v) is 4.95. The molecule has 0 saturated carbocycles. The number of phenols is 1. The first-order chi connectivity index (χ1) is 11.1. The minimum Gasteiger partial charge on any atom is -0.507 e. The van der Waals surface area contributed by atoms with E-state index in [0.29, 0.717) is 17.5 Å². The molecule has 4 nitrogen and oxygen atoms in total. The average Bonchev–Trinajstić information content (AvgIpc) is 3.19. The van der Waals surface area contributed by atoms with Crippen molar-refractivity contribution in [2.75, 3.05) is 0 Å². The largest absolute Gasteiger partial charge is 0.507 e. The van der Waals surface area contributed by atoms with Crippen LogP contribution < -0.4 is 0 Å². The SMILES string of the molecule is CCCc1ccc(-c2nc(-c3cc(C)c(O)c(CC)c3)no2)s1. The van der Waals surface area contributed by atoms with Crippen molar-refractivity contribution in [3.05, 3.63) is 40.3 Å². The third kappa shape index (κ3) is 3.15. The molecule has 0 radical (unpaired) electrons. The van der Waals surface area contributed by atoms with Crippen LogP contribution in [0.4, 0.5) is 0 Å². The lowest BCUT2D eigenvalue weighted by atomic mass is 10.0. The number of aryl methyl sites for hydroxylation is 3. The molecule has 3 aromatic rings. The first-order valence-electron chi connectivity index (χ1n) is 7.88. The topological polar surface area (TPSA) is 59.2 Å². The lowest BCUT2D eigenvalue weighted by Gasteiger charge is -2.06. The lowest BCUT2D eigenvalue weighted by molar-refractivity contribution is 0.433. The van der Waals surface area contributed by atoms with Gasteiger partial charge in [0, 0.05) is 10.4 Å². The van der Waals surface area contributed by atoms with Crippen LogP contribution in [0.3, 0.4) is 0 Å². The highest BCUT2D eigenvalue weighted by Crippen LogP contribution is 2.32. The summed E-state index contributed by atoms with van der Waals surface area (Å²) in [7, 11) is 0. The third-order valence-electron chi connectivity index (χ3n) is 3.81. The summed E-state index contributed by atoms with van der Waals surface area (Å²) >= 11 is 1.70. The van der Waals surface area contributed by atoms with E-state index in [4.69, 9.17) is 4.52 Å². The number of hydrogen-bond acceptors (Lipinski definition) is 5. The lowest BCUT2D eigenvalue weighted by Crippen LogP contribution is -1.89. The molecule has 0 saturated heterocycles. The van der Waals surface area contributed by atoms with E-state index in [1.165, 1.54) is 4.88 Å². The summed E-state index contributed by atoms with van der Waals surface area (Å²) in [6.45, 7) is 6.07.